The lowest BCUT2D eigenvalue weighted by Crippen LogP contribution is -2.29. The summed E-state index contributed by atoms with van der Waals surface area (Å²) in [4.78, 5) is 24.3. The van der Waals surface area contributed by atoms with E-state index in [0.29, 0.717) is 28.0 Å². The lowest BCUT2D eigenvalue weighted by Gasteiger charge is -2.13. The van der Waals surface area contributed by atoms with Gasteiger partial charge in [0, 0.05) is 30.1 Å². The van der Waals surface area contributed by atoms with Crippen LogP contribution in [0.25, 0.3) is 28.2 Å². The number of aromatic nitrogens is 6. The average Bonchev–Trinajstić information content (AvgIpc) is 3.45. The standard InChI is InChI=1S/C23H19N7OS2/c31-22-20(33-23(32)30(22)12-2-1-8-21-26-28-29-27-21)14-17-6-3-7-19(25-17)16-9-10-18-15(13-16)5-4-11-24-18/h3-7,9-11,13-14H,1-2,8,12H2,(H,26,27,28,29)/b20-14-. The van der Waals surface area contributed by atoms with E-state index in [1.54, 1.807) is 11.1 Å². The van der Waals surface area contributed by atoms with Gasteiger partial charge in [0.25, 0.3) is 5.91 Å². The summed E-state index contributed by atoms with van der Waals surface area (Å²) < 4.78 is 0.573. The summed E-state index contributed by atoms with van der Waals surface area (Å²) in [6.07, 6.45) is 5.96. The molecule has 1 N–H and O–H groups in total. The number of carbonyl (C=O) groups is 1. The normalized spacial score (nSPS) is 15.2. The van der Waals surface area contributed by atoms with Crippen molar-refractivity contribution >= 4 is 51.2 Å². The Morgan fingerprint density at radius 3 is 2.94 bits per heavy atom. The maximum Gasteiger partial charge on any atom is 0.266 e. The van der Waals surface area contributed by atoms with Crippen LogP contribution in [0.2, 0.25) is 0 Å². The van der Waals surface area contributed by atoms with Gasteiger partial charge in [0.05, 0.1) is 21.8 Å². The first-order valence-electron chi connectivity index (χ1n) is 10.5. The summed E-state index contributed by atoms with van der Waals surface area (Å²) >= 11 is 6.77. The summed E-state index contributed by atoms with van der Waals surface area (Å²) in [6, 6.07) is 15.8. The Labute approximate surface area is 199 Å². The largest absolute Gasteiger partial charge is 0.293 e. The minimum atomic E-state index is -0.0754. The number of carbonyl (C=O) groups excluding carboxylic acids is 1. The predicted octanol–water partition coefficient (Wildman–Crippen LogP) is 4.03. The van der Waals surface area contributed by atoms with E-state index in [-0.39, 0.29) is 5.91 Å². The number of aromatic amines is 1. The molecule has 1 aromatic carbocycles. The van der Waals surface area contributed by atoms with Gasteiger partial charge in [-0.1, -0.05) is 47.4 Å². The molecule has 4 aromatic rings. The molecule has 3 aromatic heterocycles. The minimum absolute atomic E-state index is 0.0754. The van der Waals surface area contributed by atoms with Crippen LogP contribution < -0.4 is 0 Å². The molecule has 0 bridgehead atoms. The number of thiocarbonyl (C=S) groups is 1. The molecule has 33 heavy (non-hydrogen) atoms. The van der Waals surface area contributed by atoms with Gasteiger partial charge in [-0.2, -0.15) is 5.21 Å². The Bertz CT molecular complexity index is 1350. The number of pyridine rings is 2. The van der Waals surface area contributed by atoms with Crippen molar-refractivity contribution in [2.75, 3.05) is 6.54 Å². The lowest BCUT2D eigenvalue weighted by molar-refractivity contribution is -0.122. The third-order valence-corrected chi connectivity index (χ3v) is 6.62. The number of hydrogen-bond donors (Lipinski definition) is 1. The Balaban J connectivity index is 1.28. The van der Waals surface area contributed by atoms with Crippen LogP contribution in [-0.2, 0) is 11.2 Å². The van der Waals surface area contributed by atoms with Crippen molar-refractivity contribution in [2.45, 2.75) is 19.3 Å². The third kappa shape index (κ3) is 4.81. The smallest absolute Gasteiger partial charge is 0.266 e. The molecule has 1 aliphatic heterocycles. The van der Waals surface area contributed by atoms with E-state index in [9.17, 15) is 4.79 Å². The van der Waals surface area contributed by atoms with Crippen molar-refractivity contribution < 1.29 is 4.79 Å². The number of H-pyrrole nitrogens is 1. The van der Waals surface area contributed by atoms with E-state index in [0.717, 1.165) is 40.7 Å². The molecule has 0 atom stereocenters. The second-order valence-electron chi connectivity index (χ2n) is 7.48. The summed E-state index contributed by atoms with van der Waals surface area (Å²) in [5, 5.41) is 14.9. The molecule has 1 amide bonds. The first-order valence-corrected chi connectivity index (χ1v) is 11.7. The van der Waals surface area contributed by atoms with Crippen LogP contribution in [0.4, 0.5) is 0 Å². The van der Waals surface area contributed by atoms with Crippen molar-refractivity contribution in [3.8, 4) is 11.3 Å². The van der Waals surface area contributed by atoms with E-state index < -0.39 is 0 Å². The highest BCUT2D eigenvalue weighted by Gasteiger charge is 2.31. The molecule has 1 fully saturated rings. The molecule has 1 saturated heterocycles. The zero-order valence-corrected chi connectivity index (χ0v) is 19.1. The number of rotatable bonds is 7. The summed E-state index contributed by atoms with van der Waals surface area (Å²) in [5.74, 6) is 0.600. The van der Waals surface area contributed by atoms with E-state index in [4.69, 9.17) is 17.2 Å². The second-order valence-corrected chi connectivity index (χ2v) is 9.15. The highest BCUT2D eigenvalue weighted by molar-refractivity contribution is 8.26. The number of amides is 1. The van der Waals surface area contributed by atoms with Crippen LogP contribution in [-0.4, -0.2) is 52.3 Å². The monoisotopic (exact) mass is 473 g/mol. The van der Waals surface area contributed by atoms with Crippen molar-refractivity contribution in [1.29, 1.82) is 0 Å². The highest BCUT2D eigenvalue weighted by atomic mass is 32.2. The molecule has 1 aliphatic rings. The average molecular weight is 474 g/mol. The molecule has 8 nitrogen and oxygen atoms in total. The number of thioether (sulfide) groups is 1. The van der Waals surface area contributed by atoms with Gasteiger partial charge in [0.2, 0.25) is 0 Å². The van der Waals surface area contributed by atoms with Crippen LogP contribution in [0.3, 0.4) is 0 Å². The maximum absolute atomic E-state index is 12.9. The van der Waals surface area contributed by atoms with Gasteiger partial charge < -0.3 is 0 Å². The molecule has 0 aliphatic carbocycles. The van der Waals surface area contributed by atoms with Crippen LogP contribution in [0, 0.1) is 0 Å². The Hall–Kier alpha value is -3.50. The molecule has 4 heterocycles. The predicted molar refractivity (Wildman–Crippen MR) is 132 cm³/mol. The SMILES string of the molecule is O=C1/C(=C/c2cccc(-c3ccc4ncccc4c3)n2)SC(=S)N1CCCCc1nn[nH]n1. The van der Waals surface area contributed by atoms with Crippen LogP contribution in [0.5, 0.6) is 0 Å². The zero-order valence-electron chi connectivity index (χ0n) is 17.5. The molecule has 164 valence electrons. The number of nitrogens with one attached hydrogen (secondary N) is 1. The lowest BCUT2D eigenvalue weighted by atomic mass is 10.1. The number of tetrazole rings is 1. The quantitative estimate of drug-likeness (QED) is 0.244. The van der Waals surface area contributed by atoms with Crippen molar-refractivity contribution in [3.63, 3.8) is 0 Å². The van der Waals surface area contributed by atoms with Gasteiger partial charge in [-0.25, -0.2) is 4.98 Å². The number of fused-ring (bicyclic) bond motifs is 1. The first kappa shape index (κ1) is 21.4. The molecular weight excluding hydrogens is 454 g/mol. The summed E-state index contributed by atoms with van der Waals surface area (Å²) in [6.45, 7) is 0.568. The van der Waals surface area contributed by atoms with E-state index >= 15 is 0 Å². The fraction of sp³-hybridized carbons (Fsp3) is 0.174. The van der Waals surface area contributed by atoms with Crippen LogP contribution in [0.1, 0.15) is 24.4 Å². The number of unbranched alkanes of at least 4 members (excludes halogenated alkanes) is 1. The number of nitrogens with zero attached hydrogens (tertiary/aromatic N) is 6. The van der Waals surface area contributed by atoms with Gasteiger partial charge in [-0.3, -0.25) is 14.7 Å². The molecule has 0 saturated carbocycles. The summed E-state index contributed by atoms with van der Waals surface area (Å²) in [5.41, 5.74) is 3.50. The van der Waals surface area contributed by atoms with E-state index in [1.165, 1.54) is 11.8 Å². The van der Waals surface area contributed by atoms with Crippen molar-refractivity contribution in [2.24, 2.45) is 0 Å². The number of hydrogen-bond acceptors (Lipinski definition) is 8. The topological polar surface area (TPSA) is 101 Å². The first-order chi connectivity index (χ1) is 16.2. The fourth-order valence-electron chi connectivity index (χ4n) is 3.60. The molecule has 5 rings (SSSR count). The molecular formula is C23H19N7OS2. The van der Waals surface area contributed by atoms with Gasteiger partial charge >= 0.3 is 0 Å². The fourth-order valence-corrected chi connectivity index (χ4v) is 4.89. The Kier molecular flexibility index (Phi) is 6.18. The highest BCUT2D eigenvalue weighted by Crippen LogP contribution is 2.33. The minimum Gasteiger partial charge on any atom is -0.293 e. The van der Waals surface area contributed by atoms with Crippen LogP contribution in [0.15, 0.2) is 59.6 Å². The van der Waals surface area contributed by atoms with Crippen molar-refractivity contribution in [1.82, 2.24) is 35.5 Å². The van der Waals surface area contributed by atoms with E-state index in [1.807, 2.05) is 48.5 Å². The third-order valence-electron chi connectivity index (χ3n) is 5.24. The van der Waals surface area contributed by atoms with Crippen molar-refractivity contribution in [3.05, 3.63) is 71.2 Å². The number of benzene rings is 1. The van der Waals surface area contributed by atoms with Gasteiger partial charge in [-0.15, -0.1) is 10.2 Å². The molecule has 0 spiro atoms. The number of aryl methyl sites for hydroxylation is 1. The Morgan fingerprint density at radius 1 is 1.12 bits per heavy atom. The van der Waals surface area contributed by atoms with Crippen LogP contribution >= 0.6 is 24.0 Å². The second kappa shape index (κ2) is 9.55. The van der Waals surface area contributed by atoms with Gasteiger partial charge in [0.15, 0.2) is 5.82 Å². The maximum atomic E-state index is 12.9. The molecule has 10 heteroatoms. The van der Waals surface area contributed by atoms with E-state index in [2.05, 4.69) is 31.7 Å². The molecule has 0 radical (unpaired) electrons. The van der Waals surface area contributed by atoms with Gasteiger partial charge in [0.1, 0.15) is 4.32 Å². The summed E-state index contributed by atoms with van der Waals surface area (Å²) in [7, 11) is 0. The molecule has 0 unspecified atom stereocenters. The van der Waals surface area contributed by atoms with Gasteiger partial charge in [-0.05, 0) is 49.2 Å². The zero-order chi connectivity index (χ0) is 22.6. The Morgan fingerprint density at radius 2 is 2.06 bits per heavy atom.